The van der Waals surface area contributed by atoms with Crippen LogP contribution in [-0.2, 0) is 152 Å². The van der Waals surface area contributed by atoms with Crippen LogP contribution in [0.5, 0.6) is 0 Å². The molecular weight excluding hydrogens is 1480 g/mol. The summed E-state index contributed by atoms with van der Waals surface area (Å²) in [6.45, 7) is 15.4. The second-order valence-electron chi connectivity index (χ2n) is 8.53. The van der Waals surface area contributed by atoms with Crippen molar-refractivity contribution in [1.29, 1.82) is 0 Å². The largest absolute Gasteiger partial charge is 0.668 e. The number of rotatable bonds is 2. The molecular formula is C31H70N4O14S3W4-4. The van der Waals surface area contributed by atoms with Crippen molar-refractivity contribution in [2.24, 2.45) is 0 Å². The third kappa shape index (κ3) is 537. The Hall–Kier alpha value is -0.377. The first-order valence-electron chi connectivity index (χ1n) is 14.0. The maximum atomic E-state index is 9.83. The van der Waals surface area contributed by atoms with Gasteiger partial charge < -0.3 is 44.5 Å². The van der Waals surface area contributed by atoms with Crippen molar-refractivity contribution < 1.29 is 147 Å². The average molecular weight is 1550 g/mol. The predicted octanol–water partition coefficient (Wildman–Crippen LogP) is 4.51. The predicted molar refractivity (Wildman–Crippen MR) is 214 cm³/mol. The number of ether oxygens (including phenoxy) is 3. The number of sulfonamides is 1. The molecule has 0 atom stereocenters. The molecule has 0 aliphatic heterocycles. The van der Waals surface area contributed by atoms with E-state index in [1.807, 2.05) is 20.8 Å². The summed E-state index contributed by atoms with van der Waals surface area (Å²) in [6, 6.07) is 0. The number of carbonyl (C=O) groups excluding carboxylic acids is 4. The standard InChI is InChI=1S/C5H10.C4H6.2C3H7NO.2C3H6O2.C2H6NO2S.C2H6N.C2H6O3S.C2H6O2S.C2H6O.4W/c1-4-5(2)3;1-3-4-2;2*1-3(5)4-2;2*1-3(4)5-2;1-3-6(2,4)5;1-3-2;1-5-6(2,3)4;1-5(2,3)4;1-3-2;;;;/h4H,1-3H3;1-2H3;2*1-2H3,(H,4,5);2*1-2H3;1-2H3;1-2H3;1-2H3;1-2H3;1-2H3;;;;/q;;;;;;2*-1;;;;;;;/p-2. The van der Waals surface area contributed by atoms with Crippen molar-refractivity contribution in [1.82, 2.24) is 0 Å². The number of amides is 2. The molecule has 56 heavy (non-hydrogen) atoms. The van der Waals surface area contributed by atoms with Gasteiger partial charge in [-0.2, -0.15) is 29.6 Å². The van der Waals surface area contributed by atoms with Crippen LogP contribution >= 0.6 is 0 Å². The van der Waals surface area contributed by atoms with E-state index in [4.69, 9.17) is 0 Å². The third-order valence-electron chi connectivity index (χ3n) is 2.67. The topological polar surface area (TPSA) is 264 Å². The monoisotopic (exact) mass is 1550 g/mol. The molecule has 0 bridgehead atoms. The van der Waals surface area contributed by atoms with Gasteiger partial charge in [0, 0.05) is 143 Å². The molecule has 0 saturated carbocycles. The number of carbonyl (C=O) groups is 4. The zero-order chi connectivity index (χ0) is 45.2. The van der Waals surface area contributed by atoms with Crippen LogP contribution in [0.2, 0.25) is 0 Å². The Morgan fingerprint density at radius 1 is 0.554 bits per heavy atom. The summed E-state index contributed by atoms with van der Waals surface area (Å²) in [4.78, 5) is 38.5. The molecule has 0 aliphatic carbocycles. The Bertz CT molecular complexity index is 1110. The molecule has 0 rings (SSSR count). The second kappa shape index (κ2) is 82.5. The molecule has 0 fully saturated rings. The molecule has 0 aromatic rings. The summed E-state index contributed by atoms with van der Waals surface area (Å²) in [5, 5.41) is 10.0. The average Bonchev–Trinajstić information content (AvgIpc) is 3.02. The van der Waals surface area contributed by atoms with Crippen molar-refractivity contribution in [2.75, 3.05) is 95.8 Å². The van der Waals surface area contributed by atoms with E-state index in [9.17, 15) is 44.4 Å². The van der Waals surface area contributed by atoms with Crippen molar-refractivity contribution >= 4 is 53.7 Å². The molecule has 0 aromatic carbocycles. The fraction of sp³-hybridized carbons (Fsp3) is 0.742. The summed E-state index contributed by atoms with van der Waals surface area (Å²) in [6.07, 6.45) is 6.44. The number of nitrogens with zero attached hydrogens (tertiary/aromatic N) is 4. The second-order valence-corrected chi connectivity index (χ2v) is 14.4. The van der Waals surface area contributed by atoms with Gasteiger partial charge in [0.05, 0.1) is 37.6 Å². The van der Waals surface area contributed by atoms with Gasteiger partial charge >= 0.3 is 11.9 Å². The van der Waals surface area contributed by atoms with Crippen molar-refractivity contribution in [3.05, 3.63) is 32.3 Å². The van der Waals surface area contributed by atoms with Crippen LogP contribution in [-0.4, -0.2) is 145 Å². The minimum atomic E-state index is -3.16. The molecule has 0 heterocycles. The quantitative estimate of drug-likeness (QED) is 0.160. The number of allylic oxidation sites excluding steroid dienone is 2. The third-order valence-corrected chi connectivity index (χ3v) is 3.94. The van der Waals surface area contributed by atoms with Gasteiger partial charge in [-0.05, 0) is 48.5 Å². The fourth-order valence-electron chi connectivity index (χ4n) is 0. The molecule has 0 radical (unpaired) electrons. The molecule has 18 nitrogen and oxygen atoms in total. The first kappa shape index (κ1) is 101. The molecule has 0 saturated heterocycles. The minimum absolute atomic E-state index is 0. The summed E-state index contributed by atoms with van der Waals surface area (Å²) in [5.41, 5.74) is 1.38. The van der Waals surface area contributed by atoms with Crippen LogP contribution in [0.4, 0.5) is 0 Å². The van der Waals surface area contributed by atoms with Crippen LogP contribution in [0, 0.1) is 11.8 Å². The molecule has 0 aromatic heterocycles. The van der Waals surface area contributed by atoms with Gasteiger partial charge in [0.1, 0.15) is 9.84 Å². The molecule has 344 valence electrons. The van der Waals surface area contributed by atoms with Gasteiger partial charge in [-0.15, -0.1) is 25.9 Å². The number of hydrogen-bond acceptors (Lipinski definition) is 14. The van der Waals surface area contributed by atoms with Crippen LogP contribution in [0.25, 0.3) is 20.7 Å². The van der Waals surface area contributed by atoms with E-state index >= 15 is 0 Å². The summed E-state index contributed by atoms with van der Waals surface area (Å²) in [7, 11) is 5.90. The van der Waals surface area contributed by atoms with Gasteiger partial charge in [-0.25, -0.2) is 16.8 Å². The maximum absolute atomic E-state index is 9.83. The summed E-state index contributed by atoms with van der Waals surface area (Å²) in [5.74, 6) is 4.63. The SMILES string of the molecule is CC#CC.CC=C(C)C.COC.COC(C)=O.COC(C)=O.COS(C)(=O)=O.CS(C)(=O)=O.C[N-]C.C[N-]C(C)=O.C[N-]C(C)=O.C[N-]S(C)(=O)=O.[W].[W].[W].[W]. The van der Waals surface area contributed by atoms with Gasteiger partial charge in [-0.3, -0.25) is 13.8 Å². The van der Waals surface area contributed by atoms with Crippen LogP contribution in [0.15, 0.2) is 11.6 Å². The summed E-state index contributed by atoms with van der Waals surface area (Å²) >= 11 is 0. The Balaban J connectivity index is -0.0000000253. The molecule has 0 N–H and O–H groups in total. The zero-order valence-corrected chi connectivity index (χ0v) is 51.6. The normalized spacial score (nSPS) is 7.48. The van der Waals surface area contributed by atoms with Crippen molar-refractivity contribution in [3.63, 3.8) is 0 Å². The number of methoxy groups -OCH3 is 3. The van der Waals surface area contributed by atoms with E-state index < -0.39 is 30.0 Å². The van der Waals surface area contributed by atoms with Gasteiger partial charge in [0.15, 0.2) is 0 Å². The maximum Gasteiger partial charge on any atom is 0.302 e. The molecule has 2 amide bonds. The fourth-order valence-corrected chi connectivity index (χ4v) is 0. The van der Waals surface area contributed by atoms with Crippen molar-refractivity contribution in [3.8, 4) is 11.8 Å². The van der Waals surface area contributed by atoms with E-state index in [1.54, 1.807) is 28.3 Å². The van der Waals surface area contributed by atoms with E-state index in [0.29, 0.717) is 0 Å². The summed E-state index contributed by atoms with van der Waals surface area (Å²) < 4.78 is 77.9. The Morgan fingerprint density at radius 2 is 0.661 bits per heavy atom. The number of esters is 2. The van der Waals surface area contributed by atoms with Gasteiger partial charge in [0.25, 0.3) is 10.1 Å². The Morgan fingerprint density at radius 3 is 0.661 bits per heavy atom. The first-order valence-corrected chi connectivity index (χ1v) is 20.0. The van der Waals surface area contributed by atoms with Crippen LogP contribution in [0.3, 0.4) is 0 Å². The van der Waals surface area contributed by atoms with E-state index in [0.717, 1.165) is 32.1 Å². The van der Waals surface area contributed by atoms with Crippen LogP contribution in [0.1, 0.15) is 62.3 Å². The molecule has 0 aliphatic rings. The van der Waals surface area contributed by atoms with Gasteiger partial charge in [-0.1, -0.05) is 11.6 Å². The first-order chi connectivity index (χ1) is 23.2. The van der Waals surface area contributed by atoms with Gasteiger partial charge in [0.2, 0.25) is 0 Å². The molecule has 0 unspecified atom stereocenters. The van der Waals surface area contributed by atoms with E-state index in [2.05, 4.69) is 70.8 Å². The van der Waals surface area contributed by atoms with Crippen molar-refractivity contribution in [2.45, 2.75) is 62.3 Å². The van der Waals surface area contributed by atoms with E-state index in [-0.39, 0.29) is 108 Å². The number of hydrogen-bond donors (Lipinski definition) is 0. The zero-order valence-electron chi connectivity index (χ0n) is 37.4. The van der Waals surface area contributed by atoms with E-state index in [1.165, 1.54) is 68.6 Å². The number of sulfone groups is 1. The van der Waals surface area contributed by atoms with Crippen LogP contribution < -0.4 is 0 Å². The Labute approximate surface area is 399 Å². The minimum Gasteiger partial charge on any atom is -0.668 e. The molecule has 25 heteroatoms. The smallest absolute Gasteiger partial charge is 0.302 e. The Kier molecular flexibility index (Phi) is 148. The molecule has 0 spiro atoms.